The molecule has 1 rings (SSSR count). The molecular weight excluding hydrogens is 1040 g/mol. The Morgan fingerprint density at radius 2 is 0.827 bits per heavy atom. The van der Waals surface area contributed by atoms with Crippen LogP contribution in [0.5, 0.6) is 0 Å². The van der Waals surface area contributed by atoms with Crippen molar-refractivity contribution in [2.24, 2.45) is 0 Å². The highest BCUT2D eigenvalue weighted by molar-refractivity contribution is 7.80. The number of aliphatic hydroxyl groups is 4. The average molecular weight is 1170 g/mol. The third kappa shape index (κ3) is 49.2. The minimum absolute atomic E-state index is 0.258. The molecule has 1 aliphatic rings. The summed E-state index contributed by atoms with van der Waals surface area (Å²) >= 11 is 0. The molecule has 0 spiro atoms. The van der Waals surface area contributed by atoms with Gasteiger partial charge in [0, 0.05) is 6.42 Å². The lowest BCUT2D eigenvalue weighted by Crippen LogP contribution is -2.61. The minimum Gasteiger partial charge on any atom is -0.394 e. The number of carbonyl (C=O) groups is 1. The first-order valence-corrected chi connectivity index (χ1v) is 35.7. The molecule has 13 heteroatoms. The van der Waals surface area contributed by atoms with Gasteiger partial charge in [0.05, 0.1) is 25.4 Å². The zero-order chi connectivity index (χ0) is 59.0. The van der Waals surface area contributed by atoms with Gasteiger partial charge < -0.3 is 35.2 Å². The Kier molecular flexibility index (Phi) is 54.8. The van der Waals surface area contributed by atoms with Crippen LogP contribution < -0.4 is 5.32 Å². The summed E-state index contributed by atoms with van der Waals surface area (Å²) in [6, 6.07) is -0.946. The van der Waals surface area contributed by atoms with Gasteiger partial charge in [0.25, 0.3) is 0 Å². The zero-order valence-corrected chi connectivity index (χ0v) is 53.2. The lowest BCUT2D eigenvalue weighted by Gasteiger charge is -2.41. The summed E-state index contributed by atoms with van der Waals surface area (Å²) < 4.78 is 48.0. The third-order valence-corrected chi connectivity index (χ3v) is 16.9. The number of ether oxygens (including phenoxy) is 2. The highest BCUT2D eigenvalue weighted by Crippen LogP contribution is 2.26. The van der Waals surface area contributed by atoms with Crippen LogP contribution in [0.25, 0.3) is 0 Å². The molecule has 0 aromatic carbocycles. The van der Waals surface area contributed by atoms with Crippen molar-refractivity contribution in [1.82, 2.24) is 5.32 Å². The first-order valence-electron chi connectivity index (χ1n) is 34.4. The number of unbranched alkanes of at least 4 members (excludes halogenated alkanes) is 45. The quantitative estimate of drug-likeness (QED) is 0.0193. The maximum absolute atomic E-state index is 13.2. The molecule has 7 unspecified atom stereocenters. The maximum atomic E-state index is 13.2. The average Bonchev–Trinajstić information content (AvgIpc) is 3.48. The van der Waals surface area contributed by atoms with Crippen molar-refractivity contribution >= 4 is 16.3 Å². The van der Waals surface area contributed by atoms with Crippen LogP contribution in [0.3, 0.4) is 0 Å². The molecular formula is C68H129NO11S. The fourth-order valence-corrected chi connectivity index (χ4v) is 11.6. The fourth-order valence-electron chi connectivity index (χ4n) is 11.1. The van der Waals surface area contributed by atoms with E-state index < -0.39 is 59.9 Å². The van der Waals surface area contributed by atoms with Crippen molar-refractivity contribution in [2.45, 2.75) is 378 Å². The van der Waals surface area contributed by atoms with Crippen LogP contribution in [0.4, 0.5) is 0 Å². The van der Waals surface area contributed by atoms with Crippen molar-refractivity contribution in [1.29, 1.82) is 0 Å². The second kappa shape index (κ2) is 57.4. The number of rotatable bonds is 61. The molecule has 0 bridgehead atoms. The van der Waals surface area contributed by atoms with Crippen LogP contribution in [0.15, 0.2) is 36.5 Å². The van der Waals surface area contributed by atoms with Crippen LogP contribution in [-0.2, 0) is 28.9 Å². The summed E-state index contributed by atoms with van der Waals surface area (Å²) in [7, 11) is -5.09. The van der Waals surface area contributed by atoms with Crippen LogP contribution in [0, 0.1) is 0 Å². The first kappa shape index (κ1) is 77.3. The summed E-state index contributed by atoms with van der Waals surface area (Å²) in [5, 5.41) is 45.2. The van der Waals surface area contributed by atoms with Crippen LogP contribution >= 0.6 is 0 Å². The molecule has 6 N–H and O–H groups in total. The number of carbonyl (C=O) groups excluding carboxylic acids is 1. The second-order valence-corrected chi connectivity index (χ2v) is 25.2. The molecule has 1 amide bonds. The van der Waals surface area contributed by atoms with E-state index in [0.29, 0.717) is 6.42 Å². The van der Waals surface area contributed by atoms with Gasteiger partial charge >= 0.3 is 10.4 Å². The molecule has 0 saturated carbocycles. The summed E-state index contributed by atoms with van der Waals surface area (Å²) in [4.78, 5) is 13.2. The van der Waals surface area contributed by atoms with Gasteiger partial charge in [-0.3, -0.25) is 9.35 Å². The topological polar surface area (TPSA) is 192 Å². The molecule has 0 aromatic heterocycles. The Bertz CT molecular complexity index is 1560. The Balaban J connectivity index is 2.28. The third-order valence-electron chi connectivity index (χ3n) is 16.4. The zero-order valence-electron chi connectivity index (χ0n) is 52.4. The van der Waals surface area contributed by atoms with E-state index in [1.54, 1.807) is 6.08 Å². The smallest absolute Gasteiger partial charge is 0.394 e. The van der Waals surface area contributed by atoms with Crippen molar-refractivity contribution in [3.63, 3.8) is 0 Å². The van der Waals surface area contributed by atoms with Gasteiger partial charge in [-0.1, -0.05) is 314 Å². The number of allylic oxidation sites excluding steroid dienone is 5. The summed E-state index contributed by atoms with van der Waals surface area (Å²) in [6.45, 7) is 3.45. The number of aliphatic hydroxyl groups excluding tert-OH is 4. The van der Waals surface area contributed by atoms with E-state index in [2.05, 4.69) is 47.7 Å². The van der Waals surface area contributed by atoms with Crippen molar-refractivity contribution < 1.29 is 51.8 Å². The van der Waals surface area contributed by atoms with E-state index in [1.807, 2.05) is 6.08 Å². The van der Waals surface area contributed by atoms with E-state index >= 15 is 0 Å². The van der Waals surface area contributed by atoms with Crippen molar-refractivity contribution in [3.8, 4) is 0 Å². The van der Waals surface area contributed by atoms with E-state index in [0.717, 1.165) is 44.9 Å². The predicted molar refractivity (Wildman–Crippen MR) is 338 cm³/mol. The monoisotopic (exact) mass is 1170 g/mol. The number of hydrogen-bond acceptors (Lipinski definition) is 10. The van der Waals surface area contributed by atoms with Gasteiger partial charge in [-0.15, -0.1) is 0 Å². The SMILES string of the molecule is CCCCCCCCCCC/C=C\C/C=C\CCCCCCCCCCCCCCCC(=O)NC(COC1OC(CO)C(O)C(OS(=O)(=O)O)C1O)C(O)/C=C/CCCCCCCCCCCCCCCCCCCCCCCCC. The summed E-state index contributed by atoms with van der Waals surface area (Å²) in [5.74, 6) is -0.258. The molecule has 0 aliphatic carbocycles. The summed E-state index contributed by atoms with van der Waals surface area (Å²) in [6.07, 6.45) is 66.4. The van der Waals surface area contributed by atoms with Gasteiger partial charge in [0.1, 0.15) is 24.4 Å². The fraction of sp³-hybridized carbons (Fsp3) is 0.897. The number of nitrogens with one attached hydrogen (secondary N) is 1. The van der Waals surface area contributed by atoms with Gasteiger partial charge in [0.15, 0.2) is 6.29 Å². The van der Waals surface area contributed by atoms with Crippen LogP contribution in [0.1, 0.15) is 335 Å². The molecule has 478 valence electrons. The molecule has 7 atom stereocenters. The predicted octanol–water partition coefficient (Wildman–Crippen LogP) is 17.7. The van der Waals surface area contributed by atoms with E-state index in [4.69, 9.17) is 9.47 Å². The largest absolute Gasteiger partial charge is 0.397 e. The lowest BCUT2D eigenvalue weighted by molar-refractivity contribution is -0.298. The Morgan fingerprint density at radius 1 is 0.494 bits per heavy atom. The maximum Gasteiger partial charge on any atom is 0.397 e. The number of amides is 1. The molecule has 1 fully saturated rings. The molecule has 81 heavy (non-hydrogen) atoms. The normalized spacial score (nSPS) is 18.7. The Labute approximate surface area is 498 Å². The lowest BCUT2D eigenvalue weighted by atomic mass is 9.99. The van der Waals surface area contributed by atoms with Crippen LogP contribution in [-0.4, -0.2) is 95.4 Å². The standard InChI is InChI=1S/C68H129NO11S/c1-3-5-7-9-11-13-15-17-19-21-23-25-27-29-30-31-32-34-36-38-40-42-44-46-48-50-52-54-56-58-64(72)69-61(60-78-68-66(74)67(80-81(75,76)77)65(73)63(59-70)79-68)62(71)57-55-53-51-49-47-45-43-41-39-37-35-33-28-26-24-22-20-18-16-14-12-10-8-6-4-2/h23,25,29-30,55,57,61-63,65-68,70-71,73-74H,3-22,24,26-28,31-54,56,58-60H2,1-2H3,(H,69,72)(H,75,76,77)/b25-23-,30-29-,57-55+. The first-order chi connectivity index (χ1) is 39.5. The Morgan fingerprint density at radius 3 is 1.17 bits per heavy atom. The minimum atomic E-state index is -5.09. The van der Waals surface area contributed by atoms with E-state index in [-0.39, 0.29) is 18.9 Å². The highest BCUT2D eigenvalue weighted by atomic mass is 32.3. The number of hydrogen-bond donors (Lipinski definition) is 6. The van der Waals surface area contributed by atoms with Crippen molar-refractivity contribution in [2.75, 3.05) is 13.2 Å². The van der Waals surface area contributed by atoms with Gasteiger partial charge in [-0.05, 0) is 51.4 Å². The van der Waals surface area contributed by atoms with E-state index in [1.165, 1.54) is 263 Å². The van der Waals surface area contributed by atoms with E-state index in [9.17, 15) is 38.2 Å². The molecule has 0 radical (unpaired) electrons. The van der Waals surface area contributed by atoms with Gasteiger partial charge in [0.2, 0.25) is 5.91 Å². The Hall–Kier alpha value is -1.68. The molecule has 12 nitrogen and oxygen atoms in total. The molecule has 1 heterocycles. The van der Waals surface area contributed by atoms with Gasteiger partial charge in [-0.25, -0.2) is 4.18 Å². The second-order valence-electron chi connectivity index (χ2n) is 24.1. The molecule has 1 aliphatic heterocycles. The van der Waals surface area contributed by atoms with Gasteiger partial charge in [-0.2, -0.15) is 8.42 Å². The highest BCUT2D eigenvalue weighted by Gasteiger charge is 2.48. The molecule has 0 aromatic rings. The molecule has 1 saturated heterocycles. The van der Waals surface area contributed by atoms with Crippen LogP contribution in [0.2, 0.25) is 0 Å². The summed E-state index contributed by atoms with van der Waals surface area (Å²) in [5.41, 5.74) is 0. The van der Waals surface area contributed by atoms with Crippen molar-refractivity contribution in [3.05, 3.63) is 36.5 Å².